The third-order valence-corrected chi connectivity index (χ3v) is 5.71. The van der Waals surface area contributed by atoms with Crippen molar-refractivity contribution in [2.24, 2.45) is 5.10 Å². The summed E-state index contributed by atoms with van der Waals surface area (Å²) in [6.07, 6.45) is 1.68. The molecule has 7 heteroatoms. The molecule has 4 aromatic rings. The minimum absolute atomic E-state index is 0.0181. The van der Waals surface area contributed by atoms with E-state index in [1.54, 1.807) is 24.4 Å². The molecule has 0 unspecified atom stereocenters. The summed E-state index contributed by atoms with van der Waals surface area (Å²) in [7, 11) is 0. The molecular formula is C24H22BrFN4O. The average molecular weight is 481 g/mol. The number of aromatic nitrogens is 3. The van der Waals surface area contributed by atoms with Crippen molar-refractivity contribution in [2.45, 2.75) is 33.6 Å². The number of hydrogen-bond acceptors (Lipinski definition) is 3. The second-order valence-electron chi connectivity index (χ2n) is 7.79. The van der Waals surface area contributed by atoms with Crippen molar-refractivity contribution in [2.75, 3.05) is 0 Å². The molecule has 5 nitrogen and oxygen atoms in total. The Kier molecular flexibility index (Phi) is 5.62. The van der Waals surface area contributed by atoms with Crippen LogP contribution in [0.15, 0.2) is 62.9 Å². The quantitative estimate of drug-likeness (QED) is 0.351. The molecule has 0 fully saturated rings. The molecular weight excluding hydrogens is 459 g/mol. The summed E-state index contributed by atoms with van der Waals surface area (Å²) in [5, 5.41) is 5.04. The molecule has 0 saturated carbocycles. The van der Waals surface area contributed by atoms with Gasteiger partial charge < -0.3 is 4.57 Å². The van der Waals surface area contributed by atoms with Gasteiger partial charge in [-0.2, -0.15) is 9.78 Å². The van der Waals surface area contributed by atoms with Crippen molar-refractivity contribution in [3.8, 4) is 5.69 Å². The number of fused-ring (bicyclic) bond motifs is 1. The Labute approximate surface area is 188 Å². The van der Waals surface area contributed by atoms with Crippen LogP contribution in [0, 0.1) is 19.7 Å². The Morgan fingerprint density at radius 1 is 1.10 bits per heavy atom. The number of nitrogens with zero attached hydrogens (tertiary/aromatic N) is 4. The lowest BCUT2D eigenvalue weighted by molar-refractivity contribution is 0.627. The van der Waals surface area contributed by atoms with E-state index in [1.165, 1.54) is 16.8 Å². The Morgan fingerprint density at radius 3 is 2.48 bits per heavy atom. The zero-order chi connectivity index (χ0) is 22.3. The first-order valence-electron chi connectivity index (χ1n) is 9.97. The minimum Gasteiger partial charge on any atom is -0.318 e. The fraction of sp³-hybridized carbons (Fsp3) is 0.208. The molecule has 2 aromatic carbocycles. The van der Waals surface area contributed by atoms with Crippen LogP contribution in [0.4, 0.5) is 4.39 Å². The number of hydrogen-bond donors (Lipinski definition) is 0. The first kappa shape index (κ1) is 21.2. The molecule has 0 N–H and O–H groups in total. The van der Waals surface area contributed by atoms with E-state index in [0.29, 0.717) is 16.7 Å². The molecule has 0 bridgehead atoms. The van der Waals surface area contributed by atoms with E-state index in [4.69, 9.17) is 0 Å². The highest BCUT2D eigenvalue weighted by molar-refractivity contribution is 9.10. The largest absolute Gasteiger partial charge is 0.318 e. The Bertz CT molecular complexity index is 1370. The van der Waals surface area contributed by atoms with Crippen molar-refractivity contribution in [3.05, 3.63) is 92.0 Å². The molecule has 31 heavy (non-hydrogen) atoms. The SMILES string of the molecule is Cc1cc(C=Nn2c(C(C)C)nc3ccc(Br)cc3c2=O)c(C)n1-c1ccc(F)cc1. The van der Waals surface area contributed by atoms with Crippen LogP contribution in [-0.4, -0.2) is 20.4 Å². The third kappa shape index (κ3) is 3.97. The molecule has 4 rings (SSSR count). The molecule has 0 aliphatic heterocycles. The van der Waals surface area contributed by atoms with E-state index in [9.17, 15) is 9.18 Å². The molecule has 158 valence electrons. The van der Waals surface area contributed by atoms with Crippen LogP contribution in [0.1, 0.15) is 42.5 Å². The van der Waals surface area contributed by atoms with Crippen LogP contribution < -0.4 is 5.56 Å². The predicted molar refractivity (Wildman–Crippen MR) is 126 cm³/mol. The van der Waals surface area contributed by atoms with Crippen LogP contribution in [-0.2, 0) is 0 Å². The van der Waals surface area contributed by atoms with Crippen molar-refractivity contribution in [1.82, 2.24) is 14.2 Å². The average Bonchev–Trinajstić information content (AvgIpc) is 3.01. The highest BCUT2D eigenvalue weighted by atomic mass is 79.9. The standard InChI is InChI=1S/C24H22BrFN4O/c1-14(2)23-28-22-10-5-18(25)12-21(22)24(31)30(23)27-13-17-11-15(3)29(16(17)4)20-8-6-19(26)7-9-20/h5-14H,1-4H3. The zero-order valence-electron chi connectivity index (χ0n) is 17.7. The molecule has 0 spiro atoms. The van der Waals surface area contributed by atoms with Crippen molar-refractivity contribution < 1.29 is 4.39 Å². The van der Waals surface area contributed by atoms with E-state index in [0.717, 1.165) is 27.1 Å². The van der Waals surface area contributed by atoms with Crippen molar-refractivity contribution in [1.29, 1.82) is 0 Å². The van der Waals surface area contributed by atoms with Gasteiger partial charge in [-0.15, -0.1) is 0 Å². The number of benzene rings is 2. The highest BCUT2D eigenvalue weighted by Gasteiger charge is 2.15. The smallest absolute Gasteiger partial charge is 0.282 e. The van der Waals surface area contributed by atoms with E-state index < -0.39 is 0 Å². The molecule has 0 aliphatic rings. The van der Waals surface area contributed by atoms with Crippen LogP contribution in [0.3, 0.4) is 0 Å². The van der Waals surface area contributed by atoms with Gasteiger partial charge in [0, 0.05) is 33.0 Å². The van der Waals surface area contributed by atoms with Gasteiger partial charge >= 0.3 is 0 Å². The van der Waals surface area contributed by atoms with Gasteiger partial charge in [-0.05, 0) is 62.4 Å². The van der Waals surface area contributed by atoms with Gasteiger partial charge in [-0.3, -0.25) is 4.79 Å². The maximum absolute atomic E-state index is 13.3. The van der Waals surface area contributed by atoms with Gasteiger partial charge in [0.15, 0.2) is 0 Å². The maximum Gasteiger partial charge on any atom is 0.282 e. The summed E-state index contributed by atoms with van der Waals surface area (Å²) in [6.45, 7) is 7.92. The second-order valence-corrected chi connectivity index (χ2v) is 8.70. The lowest BCUT2D eigenvalue weighted by Crippen LogP contribution is -2.23. The third-order valence-electron chi connectivity index (χ3n) is 5.22. The Morgan fingerprint density at radius 2 is 1.81 bits per heavy atom. The van der Waals surface area contributed by atoms with Gasteiger partial charge in [0.25, 0.3) is 5.56 Å². The second kappa shape index (κ2) is 8.23. The Hall–Kier alpha value is -3.06. The number of aryl methyl sites for hydroxylation is 1. The summed E-state index contributed by atoms with van der Waals surface area (Å²) in [6, 6.07) is 13.8. The predicted octanol–water partition coefficient (Wildman–Crippen LogP) is 5.71. The number of halogens is 2. The van der Waals surface area contributed by atoms with Crippen LogP contribution in [0.2, 0.25) is 0 Å². The van der Waals surface area contributed by atoms with E-state index in [-0.39, 0.29) is 17.3 Å². The summed E-state index contributed by atoms with van der Waals surface area (Å²) < 4.78 is 17.5. The lowest BCUT2D eigenvalue weighted by Gasteiger charge is -2.12. The molecule has 0 amide bonds. The van der Waals surface area contributed by atoms with Crippen LogP contribution in [0.5, 0.6) is 0 Å². The van der Waals surface area contributed by atoms with Crippen molar-refractivity contribution >= 4 is 33.0 Å². The summed E-state index contributed by atoms with van der Waals surface area (Å²) in [4.78, 5) is 17.9. The normalized spacial score (nSPS) is 11.8. The van der Waals surface area contributed by atoms with E-state index in [1.807, 2.05) is 50.5 Å². The number of rotatable bonds is 4. The van der Waals surface area contributed by atoms with Gasteiger partial charge in [0.05, 0.1) is 17.1 Å². The molecule has 0 atom stereocenters. The van der Waals surface area contributed by atoms with Crippen molar-refractivity contribution in [3.63, 3.8) is 0 Å². The summed E-state index contributed by atoms with van der Waals surface area (Å²) in [5.74, 6) is 0.344. The first-order chi connectivity index (χ1) is 14.8. The minimum atomic E-state index is -0.274. The summed E-state index contributed by atoms with van der Waals surface area (Å²) >= 11 is 3.42. The first-order valence-corrected chi connectivity index (χ1v) is 10.8. The molecule has 0 aliphatic carbocycles. The van der Waals surface area contributed by atoms with Gasteiger partial charge in [0.1, 0.15) is 11.6 Å². The van der Waals surface area contributed by atoms with E-state index in [2.05, 4.69) is 26.0 Å². The van der Waals surface area contributed by atoms with Gasteiger partial charge in [-0.1, -0.05) is 29.8 Å². The van der Waals surface area contributed by atoms with Crippen LogP contribution in [0.25, 0.3) is 16.6 Å². The maximum atomic E-state index is 13.3. The molecule has 0 radical (unpaired) electrons. The fourth-order valence-electron chi connectivity index (χ4n) is 3.68. The fourth-order valence-corrected chi connectivity index (χ4v) is 4.04. The van der Waals surface area contributed by atoms with Gasteiger partial charge in [0.2, 0.25) is 0 Å². The monoisotopic (exact) mass is 480 g/mol. The van der Waals surface area contributed by atoms with E-state index >= 15 is 0 Å². The summed E-state index contributed by atoms with van der Waals surface area (Å²) in [5.41, 5.74) is 4.12. The lowest BCUT2D eigenvalue weighted by atomic mass is 10.2. The Balaban J connectivity index is 1.83. The molecule has 2 heterocycles. The van der Waals surface area contributed by atoms with Gasteiger partial charge in [-0.25, -0.2) is 9.37 Å². The molecule has 0 saturated heterocycles. The topological polar surface area (TPSA) is 52.2 Å². The van der Waals surface area contributed by atoms with Crippen LogP contribution >= 0.6 is 15.9 Å². The highest BCUT2D eigenvalue weighted by Crippen LogP contribution is 2.21. The zero-order valence-corrected chi connectivity index (χ0v) is 19.3. The molecule has 2 aromatic heterocycles.